The minimum Gasteiger partial charge on any atom is -0.360 e. The summed E-state index contributed by atoms with van der Waals surface area (Å²) in [5.41, 5.74) is 2.28. The highest BCUT2D eigenvalue weighted by atomic mass is 28.2. The van der Waals surface area contributed by atoms with Crippen molar-refractivity contribution in [1.82, 2.24) is 0 Å². The van der Waals surface area contributed by atoms with Crippen LogP contribution in [0.4, 0.5) is 0 Å². The average Bonchev–Trinajstić information content (AvgIpc) is 2.22. The van der Waals surface area contributed by atoms with Crippen molar-refractivity contribution in [2.45, 2.75) is 44.9 Å². The van der Waals surface area contributed by atoms with Crippen molar-refractivity contribution in [2.24, 2.45) is 0 Å². The van der Waals surface area contributed by atoms with Gasteiger partial charge in [-0.3, -0.25) is 0 Å². The van der Waals surface area contributed by atoms with Crippen molar-refractivity contribution in [3.63, 3.8) is 0 Å². The van der Waals surface area contributed by atoms with Crippen molar-refractivity contribution in [1.29, 1.82) is 0 Å². The molecule has 14 heavy (non-hydrogen) atoms. The first kappa shape index (κ1) is 13.9. The van der Waals surface area contributed by atoms with E-state index in [0.29, 0.717) is 0 Å². The Labute approximate surface area is 90.5 Å². The van der Waals surface area contributed by atoms with Gasteiger partial charge in [-0.25, -0.2) is 0 Å². The van der Waals surface area contributed by atoms with E-state index in [1.807, 2.05) is 0 Å². The van der Waals surface area contributed by atoms with Gasteiger partial charge in [-0.2, -0.15) is 0 Å². The van der Waals surface area contributed by atoms with Crippen LogP contribution in [0.3, 0.4) is 0 Å². The third-order valence-corrected chi connectivity index (χ3v) is 3.90. The van der Waals surface area contributed by atoms with Crippen LogP contribution in [0, 0.1) is 0 Å². The molecule has 0 bridgehead atoms. The Morgan fingerprint density at radius 1 is 1.14 bits per heavy atom. The summed E-state index contributed by atoms with van der Waals surface area (Å²) < 4.78 is 10.3. The van der Waals surface area contributed by atoms with Crippen LogP contribution in [0.15, 0.2) is 11.8 Å². The predicted octanol–water partition coefficient (Wildman–Crippen LogP) is 2.22. The Kier molecular flexibility index (Phi) is 10.9. The summed E-state index contributed by atoms with van der Waals surface area (Å²) in [4.78, 5) is 0. The summed E-state index contributed by atoms with van der Waals surface area (Å²) in [7, 11) is 3.07. The van der Waals surface area contributed by atoms with Crippen LogP contribution >= 0.6 is 0 Å². The molecule has 0 aromatic heterocycles. The lowest BCUT2D eigenvalue weighted by atomic mass is 10.2. The van der Waals surface area contributed by atoms with E-state index >= 15 is 0 Å². The Morgan fingerprint density at radius 2 is 1.86 bits per heavy atom. The van der Waals surface area contributed by atoms with Gasteiger partial charge in [0.2, 0.25) is 0 Å². The average molecular weight is 216 g/mol. The van der Waals surface area contributed by atoms with E-state index in [9.17, 15) is 0 Å². The fourth-order valence-electron chi connectivity index (χ4n) is 1.30. The number of hydrogen-bond acceptors (Lipinski definition) is 2. The Balaban J connectivity index is 3.25. The van der Waals surface area contributed by atoms with Crippen LogP contribution in [0.25, 0.3) is 0 Å². The van der Waals surface area contributed by atoms with Crippen molar-refractivity contribution >= 4 is 9.52 Å². The first-order valence-corrected chi connectivity index (χ1v) is 7.19. The molecule has 0 N–H and O–H groups in total. The molecule has 0 aliphatic rings. The van der Waals surface area contributed by atoms with Gasteiger partial charge in [0.1, 0.15) is 15.4 Å². The van der Waals surface area contributed by atoms with Gasteiger partial charge in [-0.15, -0.1) is 0 Å². The zero-order valence-corrected chi connectivity index (χ0v) is 11.2. The Bertz CT molecular complexity index is 133. The minimum atomic E-state index is -0.339. The number of methoxy groups -OCH3 is 2. The molecule has 0 aliphatic heterocycles. The zero-order chi connectivity index (χ0) is 10.6. The molecule has 0 spiro atoms. The molecule has 0 rings (SSSR count). The third-order valence-electron chi connectivity index (χ3n) is 2.25. The maximum atomic E-state index is 5.13. The predicted molar refractivity (Wildman–Crippen MR) is 64.2 cm³/mol. The second kappa shape index (κ2) is 11.0. The molecule has 0 amide bonds. The van der Waals surface area contributed by atoms with Gasteiger partial charge in [0, 0.05) is 14.2 Å². The lowest BCUT2D eigenvalue weighted by Crippen LogP contribution is -2.19. The van der Waals surface area contributed by atoms with Gasteiger partial charge in [0.25, 0.3) is 0 Å². The molecule has 0 saturated carbocycles. The van der Waals surface area contributed by atoms with Crippen molar-refractivity contribution in [2.75, 3.05) is 14.2 Å². The van der Waals surface area contributed by atoms with E-state index < -0.39 is 0 Å². The highest BCUT2D eigenvalue weighted by Gasteiger charge is 2.00. The molecule has 0 aromatic rings. The van der Waals surface area contributed by atoms with Crippen LogP contribution in [0.1, 0.15) is 39.0 Å². The molecule has 84 valence electrons. The highest BCUT2D eigenvalue weighted by molar-refractivity contribution is 6.43. The number of unbranched alkanes of at least 4 members (excludes halogenated alkanes) is 4. The molecule has 2 nitrogen and oxygen atoms in total. The lowest BCUT2D eigenvalue weighted by molar-refractivity contribution is -0.0430. The van der Waals surface area contributed by atoms with E-state index in [4.69, 9.17) is 9.47 Å². The highest BCUT2D eigenvalue weighted by Crippen LogP contribution is 2.02. The third kappa shape index (κ3) is 8.47. The fourth-order valence-corrected chi connectivity index (χ4v) is 2.34. The molecule has 0 saturated heterocycles. The van der Waals surface area contributed by atoms with Gasteiger partial charge in [-0.1, -0.05) is 38.0 Å². The van der Waals surface area contributed by atoms with Crippen LogP contribution in [-0.4, -0.2) is 29.7 Å². The minimum absolute atomic E-state index is 0.0573. The van der Waals surface area contributed by atoms with E-state index in [1.54, 1.807) is 14.2 Å². The largest absolute Gasteiger partial charge is 0.360 e. The molecule has 0 aromatic carbocycles. The van der Waals surface area contributed by atoms with Crippen molar-refractivity contribution < 1.29 is 9.47 Å². The fraction of sp³-hybridized carbons (Fsp3) is 0.818. The first-order chi connectivity index (χ1) is 6.85. The van der Waals surface area contributed by atoms with E-state index in [-0.39, 0.29) is 15.4 Å². The summed E-state index contributed by atoms with van der Waals surface area (Å²) in [6.07, 6.45) is 8.86. The quantitative estimate of drug-likeness (QED) is 0.334. The molecular formula is C11H24O2Si. The summed E-state index contributed by atoms with van der Waals surface area (Å²) in [5.74, 6) is 0.0573. The monoisotopic (exact) mass is 216 g/mol. The summed E-state index contributed by atoms with van der Waals surface area (Å²) in [5, 5.41) is 0. The van der Waals surface area contributed by atoms with Crippen molar-refractivity contribution in [3.8, 4) is 0 Å². The molecule has 0 fully saturated rings. The topological polar surface area (TPSA) is 18.5 Å². The molecule has 0 atom stereocenters. The van der Waals surface area contributed by atoms with Crippen LogP contribution in [0.5, 0.6) is 0 Å². The van der Waals surface area contributed by atoms with Gasteiger partial charge in [-0.05, 0) is 12.8 Å². The molecule has 0 aliphatic carbocycles. The summed E-state index contributed by atoms with van der Waals surface area (Å²) in [6, 6.07) is 0. The van der Waals surface area contributed by atoms with Gasteiger partial charge in [0.15, 0.2) is 0 Å². The van der Waals surface area contributed by atoms with E-state index in [1.165, 1.54) is 32.1 Å². The normalized spacial score (nSPS) is 12.6. The molecule has 3 heteroatoms. The smallest absolute Gasteiger partial charge is 0.138 e. The Morgan fingerprint density at radius 3 is 2.43 bits per heavy atom. The maximum absolute atomic E-state index is 5.13. The number of rotatable bonds is 9. The second-order valence-electron chi connectivity index (χ2n) is 3.46. The Hall–Kier alpha value is -0.123. The standard InChI is InChI=1S/C11H24O2Si/c1-4-5-6-7-8-9-10-14-11(12-2)13-3/h9-11H,4-8,14H2,1-3H3. The van der Waals surface area contributed by atoms with Crippen molar-refractivity contribution in [3.05, 3.63) is 11.8 Å². The number of allylic oxidation sites excluding steroid dienone is 1. The molecule has 0 radical (unpaired) electrons. The van der Waals surface area contributed by atoms with Crippen LogP contribution in [-0.2, 0) is 9.47 Å². The zero-order valence-electron chi connectivity index (χ0n) is 9.79. The molecule has 0 heterocycles. The molecular weight excluding hydrogens is 192 g/mol. The second-order valence-corrected chi connectivity index (χ2v) is 5.07. The lowest BCUT2D eigenvalue weighted by Gasteiger charge is -2.09. The van der Waals surface area contributed by atoms with Crippen LogP contribution < -0.4 is 0 Å². The van der Waals surface area contributed by atoms with Gasteiger partial charge in [0.05, 0.1) is 0 Å². The van der Waals surface area contributed by atoms with Gasteiger partial charge >= 0.3 is 0 Å². The number of hydrogen-bond donors (Lipinski definition) is 0. The van der Waals surface area contributed by atoms with Gasteiger partial charge < -0.3 is 9.47 Å². The first-order valence-electron chi connectivity index (χ1n) is 5.55. The van der Waals surface area contributed by atoms with E-state index in [0.717, 1.165) is 0 Å². The maximum Gasteiger partial charge on any atom is 0.138 e. The molecule has 0 unspecified atom stereocenters. The summed E-state index contributed by atoms with van der Waals surface area (Å²) in [6.45, 7) is 2.24. The SMILES string of the molecule is CCCCCCC=C[SiH2]C(OC)OC. The van der Waals surface area contributed by atoms with Crippen LogP contribution in [0.2, 0.25) is 0 Å². The number of ether oxygens (including phenoxy) is 2. The van der Waals surface area contributed by atoms with E-state index in [2.05, 4.69) is 18.7 Å². The summed E-state index contributed by atoms with van der Waals surface area (Å²) >= 11 is 0.